The molecule has 0 aromatic carbocycles. The lowest BCUT2D eigenvalue weighted by molar-refractivity contribution is 0.103. The van der Waals surface area contributed by atoms with E-state index in [2.05, 4.69) is 29.6 Å². The van der Waals surface area contributed by atoms with Crippen molar-refractivity contribution in [3.8, 4) is 0 Å². The molecule has 2 rings (SSSR count). The van der Waals surface area contributed by atoms with Gasteiger partial charge < -0.3 is 9.67 Å². The normalized spacial score (nSPS) is 27.2. The van der Waals surface area contributed by atoms with Gasteiger partial charge in [0.25, 0.3) is 0 Å². The molecule has 1 aliphatic carbocycles. The van der Waals surface area contributed by atoms with Gasteiger partial charge in [0.15, 0.2) is 0 Å². The van der Waals surface area contributed by atoms with Gasteiger partial charge in [-0.2, -0.15) is 0 Å². The van der Waals surface area contributed by atoms with E-state index in [-0.39, 0.29) is 6.10 Å². The molecule has 3 heteroatoms. The van der Waals surface area contributed by atoms with Gasteiger partial charge in [-0.05, 0) is 25.7 Å². The molecular weight excluding hydrogens is 188 g/mol. The number of hydrogen-bond acceptors (Lipinski definition) is 2. The Morgan fingerprint density at radius 1 is 1.47 bits per heavy atom. The zero-order valence-corrected chi connectivity index (χ0v) is 9.56. The van der Waals surface area contributed by atoms with Crippen LogP contribution in [-0.4, -0.2) is 20.8 Å². The quantitative estimate of drug-likeness (QED) is 0.810. The van der Waals surface area contributed by atoms with Crippen LogP contribution in [0.15, 0.2) is 12.4 Å². The van der Waals surface area contributed by atoms with E-state index in [1.807, 2.05) is 6.20 Å². The number of rotatable bonds is 2. The smallest absolute Gasteiger partial charge is 0.111 e. The number of aromatic nitrogens is 2. The molecule has 2 atom stereocenters. The molecule has 2 unspecified atom stereocenters. The largest absolute Gasteiger partial charge is 0.393 e. The summed E-state index contributed by atoms with van der Waals surface area (Å²) in [4.78, 5) is 4.40. The van der Waals surface area contributed by atoms with Crippen molar-refractivity contribution in [1.82, 2.24) is 9.55 Å². The Balaban J connectivity index is 2.17. The summed E-state index contributed by atoms with van der Waals surface area (Å²) in [5.74, 6) is 1.60. The van der Waals surface area contributed by atoms with Gasteiger partial charge in [-0.1, -0.05) is 13.8 Å². The molecule has 15 heavy (non-hydrogen) atoms. The van der Waals surface area contributed by atoms with Gasteiger partial charge in [-0.15, -0.1) is 0 Å². The fraction of sp³-hybridized carbons (Fsp3) is 0.750. The van der Waals surface area contributed by atoms with E-state index in [0.717, 1.165) is 25.1 Å². The SMILES string of the molecule is CC(C)c1nccn1C1CCCC(O)C1. The first-order valence-electron chi connectivity index (χ1n) is 5.89. The van der Waals surface area contributed by atoms with Crippen LogP contribution in [-0.2, 0) is 0 Å². The van der Waals surface area contributed by atoms with Crippen molar-refractivity contribution in [2.24, 2.45) is 0 Å². The summed E-state index contributed by atoms with van der Waals surface area (Å²) in [5.41, 5.74) is 0. The van der Waals surface area contributed by atoms with E-state index < -0.39 is 0 Å². The fourth-order valence-corrected chi connectivity index (χ4v) is 2.47. The summed E-state index contributed by atoms with van der Waals surface area (Å²) >= 11 is 0. The van der Waals surface area contributed by atoms with Crippen LogP contribution in [0.5, 0.6) is 0 Å². The number of imidazole rings is 1. The van der Waals surface area contributed by atoms with Crippen LogP contribution >= 0.6 is 0 Å². The summed E-state index contributed by atoms with van der Waals surface area (Å²) in [6.07, 6.45) is 7.95. The third-order valence-corrected chi connectivity index (χ3v) is 3.23. The Bertz CT molecular complexity index is 319. The summed E-state index contributed by atoms with van der Waals surface area (Å²) in [7, 11) is 0. The lowest BCUT2D eigenvalue weighted by Gasteiger charge is -2.28. The molecule has 0 amide bonds. The van der Waals surface area contributed by atoms with Crippen LogP contribution in [0.25, 0.3) is 0 Å². The van der Waals surface area contributed by atoms with Gasteiger partial charge in [0.05, 0.1) is 6.10 Å². The minimum Gasteiger partial charge on any atom is -0.393 e. The fourth-order valence-electron chi connectivity index (χ4n) is 2.47. The molecule has 1 N–H and O–H groups in total. The second-order valence-corrected chi connectivity index (χ2v) is 4.82. The van der Waals surface area contributed by atoms with Crippen molar-refractivity contribution in [1.29, 1.82) is 0 Å². The molecule has 0 bridgehead atoms. The van der Waals surface area contributed by atoms with Crippen molar-refractivity contribution in [2.75, 3.05) is 0 Å². The van der Waals surface area contributed by atoms with E-state index >= 15 is 0 Å². The van der Waals surface area contributed by atoms with Crippen LogP contribution < -0.4 is 0 Å². The number of aliphatic hydroxyl groups excluding tert-OH is 1. The van der Waals surface area contributed by atoms with Gasteiger partial charge in [0.1, 0.15) is 5.82 Å². The van der Waals surface area contributed by atoms with Crippen molar-refractivity contribution in [3.63, 3.8) is 0 Å². The minimum atomic E-state index is -0.119. The van der Waals surface area contributed by atoms with E-state index in [9.17, 15) is 5.11 Å². The first kappa shape index (κ1) is 10.7. The van der Waals surface area contributed by atoms with Crippen LogP contribution in [0, 0.1) is 0 Å². The predicted octanol–water partition coefficient (Wildman–Crippen LogP) is 2.48. The highest BCUT2D eigenvalue weighted by atomic mass is 16.3. The lowest BCUT2D eigenvalue weighted by Crippen LogP contribution is -2.23. The Morgan fingerprint density at radius 3 is 2.93 bits per heavy atom. The van der Waals surface area contributed by atoms with E-state index in [4.69, 9.17) is 0 Å². The third-order valence-electron chi connectivity index (χ3n) is 3.23. The summed E-state index contributed by atoms with van der Waals surface area (Å²) in [5, 5.41) is 9.67. The summed E-state index contributed by atoms with van der Waals surface area (Å²) in [6, 6.07) is 0.452. The second kappa shape index (κ2) is 4.35. The molecule has 0 spiro atoms. The Kier molecular flexibility index (Phi) is 3.10. The van der Waals surface area contributed by atoms with Crippen molar-refractivity contribution >= 4 is 0 Å². The summed E-state index contributed by atoms with van der Waals surface area (Å²) in [6.45, 7) is 4.33. The molecule has 1 aliphatic rings. The molecule has 1 aromatic heterocycles. The average Bonchev–Trinajstić information content (AvgIpc) is 2.65. The molecule has 0 saturated heterocycles. The Hall–Kier alpha value is -0.830. The maximum atomic E-state index is 9.67. The minimum absolute atomic E-state index is 0.119. The average molecular weight is 208 g/mol. The Morgan fingerprint density at radius 2 is 2.27 bits per heavy atom. The van der Waals surface area contributed by atoms with Gasteiger partial charge in [-0.3, -0.25) is 0 Å². The molecule has 0 aliphatic heterocycles. The van der Waals surface area contributed by atoms with Gasteiger partial charge in [0.2, 0.25) is 0 Å². The first-order valence-corrected chi connectivity index (χ1v) is 5.89. The highest BCUT2D eigenvalue weighted by molar-refractivity contribution is 5.00. The monoisotopic (exact) mass is 208 g/mol. The highest BCUT2D eigenvalue weighted by Crippen LogP contribution is 2.30. The maximum Gasteiger partial charge on any atom is 0.111 e. The van der Waals surface area contributed by atoms with Crippen molar-refractivity contribution < 1.29 is 5.11 Å². The zero-order valence-electron chi connectivity index (χ0n) is 9.56. The first-order chi connectivity index (χ1) is 7.18. The lowest BCUT2D eigenvalue weighted by atomic mass is 9.92. The van der Waals surface area contributed by atoms with Crippen LogP contribution in [0.1, 0.15) is 57.3 Å². The zero-order chi connectivity index (χ0) is 10.8. The van der Waals surface area contributed by atoms with Gasteiger partial charge >= 0.3 is 0 Å². The van der Waals surface area contributed by atoms with E-state index in [1.54, 1.807) is 0 Å². The van der Waals surface area contributed by atoms with Crippen LogP contribution in [0.3, 0.4) is 0 Å². The highest BCUT2D eigenvalue weighted by Gasteiger charge is 2.23. The Labute approximate surface area is 91.1 Å². The van der Waals surface area contributed by atoms with Gasteiger partial charge in [0, 0.05) is 24.4 Å². The number of aliphatic hydroxyl groups is 1. The molecule has 1 heterocycles. The van der Waals surface area contributed by atoms with Crippen LogP contribution in [0.2, 0.25) is 0 Å². The number of nitrogens with zero attached hydrogens (tertiary/aromatic N) is 2. The molecular formula is C12H20N2O. The van der Waals surface area contributed by atoms with Crippen molar-refractivity contribution in [2.45, 2.75) is 57.6 Å². The van der Waals surface area contributed by atoms with Crippen molar-refractivity contribution in [3.05, 3.63) is 18.2 Å². The molecule has 1 fully saturated rings. The van der Waals surface area contributed by atoms with Crippen LogP contribution in [0.4, 0.5) is 0 Å². The van der Waals surface area contributed by atoms with E-state index in [1.165, 1.54) is 6.42 Å². The molecule has 3 nitrogen and oxygen atoms in total. The maximum absolute atomic E-state index is 9.67. The third kappa shape index (κ3) is 2.23. The molecule has 0 radical (unpaired) electrons. The van der Waals surface area contributed by atoms with E-state index in [0.29, 0.717) is 12.0 Å². The summed E-state index contributed by atoms with van der Waals surface area (Å²) < 4.78 is 2.26. The second-order valence-electron chi connectivity index (χ2n) is 4.82. The topological polar surface area (TPSA) is 38.0 Å². The predicted molar refractivity (Wildman–Crippen MR) is 59.8 cm³/mol. The number of hydrogen-bond donors (Lipinski definition) is 1. The molecule has 1 aromatic rings. The molecule has 1 saturated carbocycles. The van der Waals surface area contributed by atoms with Gasteiger partial charge in [-0.25, -0.2) is 4.98 Å². The standard InChI is InChI=1S/C12H20N2O/c1-9(2)12-13-6-7-14(12)10-4-3-5-11(15)8-10/h6-7,9-11,15H,3-5,8H2,1-2H3. The molecule has 84 valence electrons.